The number of unbranched alkanes of at least 4 members (excludes halogenated alkanes) is 29. The van der Waals surface area contributed by atoms with E-state index in [9.17, 15) is 19.5 Å². The Balaban J connectivity index is 4.20. The third kappa shape index (κ3) is 54.6. The molecule has 0 amide bonds. The maximum absolute atomic E-state index is 12.9. The number of hydrogen-bond donors (Lipinski definition) is 0. The molecular formula is C62H111NO8. The van der Waals surface area contributed by atoms with E-state index >= 15 is 0 Å². The average Bonchev–Trinajstić information content (AvgIpc) is 3.34. The summed E-state index contributed by atoms with van der Waals surface area (Å²) in [6.07, 6.45) is 64.1. The number of carboxylic acids is 1. The average molecular weight is 999 g/mol. The van der Waals surface area contributed by atoms with Gasteiger partial charge in [0.2, 0.25) is 0 Å². The fraction of sp³-hybridized carbons (Fsp3) is 0.790. The second kappa shape index (κ2) is 53.3. The smallest absolute Gasteiger partial charge is 0.306 e. The second-order valence-corrected chi connectivity index (χ2v) is 20.9. The molecule has 0 radical (unpaired) electrons. The number of carbonyl (C=O) groups is 3. The SMILES string of the molecule is CCCCC/C=C\C/C=C\CCCCCCCCCC(=O)OCC(COC(OCC[N+](C)(C)C)C(=O)[O-])OC(=O)CCCCCCCCCCCCCCCC/C=C\C/C=C\C/C=C\CCCCCCC. The van der Waals surface area contributed by atoms with E-state index in [4.69, 9.17) is 18.9 Å². The van der Waals surface area contributed by atoms with Crippen LogP contribution in [0.1, 0.15) is 258 Å². The highest BCUT2D eigenvalue weighted by molar-refractivity contribution is 5.70. The zero-order valence-corrected chi connectivity index (χ0v) is 46.8. The van der Waals surface area contributed by atoms with Crippen molar-refractivity contribution in [1.29, 1.82) is 0 Å². The van der Waals surface area contributed by atoms with Crippen molar-refractivity contribution < 1.29 is 42.9 Å². The van der Waals surface area contributed by atoms with Crippen LogP contribution in [0.3, 0.4) is 0 Å². The van der Waals surface area contributed by atoms with Crippen molar-refractivity contribution in [3.63, 3.8) is 0 Å². The number of ether oxygens (including phenoxy) is 4. The molecule has 0 rings (SSSR count). The van der Waals surface area contributed by atoms with Crippen LogP contribution in [0.2, 0.25) is 0 Å². The molecule has 0 aliphatic rings. The lowest BCUT2D eigenvalue weighted by molar-refractivity contribution is -0.870. The molecule has 9 nitrogen and oxygen atoms in total. The first kappa shape index (κ1) is 68.0. The minimum atomic E-state index is -1.62. The number of carboxylic acid groups (broad SMARTS) is 1. The Labute approximate surface area is 437 Å². The molecule has 0 saturated heterocycles. The van der Waals surface area contributed by atoms with Gasteiger partial charge in [-0.05, 0) is 83.5 Å². The number of likely N-dealkylation sites (N-methyl/N-ethyl adjacent to an activating group) is 1. The summed E-state index contributed by atoms with van der Waals surface area (Å²) in [5.41, 5.74) is 0. The largest absolute Gasteiger partial charge is 0.545 e. The van der Waals surface area contributed by atoms with Gasteiger partial charge in [0.05, 0.1) is 40.3 Å². The Hall–Kier alpha value is -3.01. The summed E-state index contributed by atoms with van der Waals surface area (Å²) in [4.78, 5) is 37.3. The number of aliphatic carboxylic acids is 1. The summed E-state index contributed by atoms with van der Waals surface area (Å²) in [6.45, 7) is 4.72. The van der Waals surface area contributed by atoms with Crippen LogP contribution < -0.4 is 5.11 Å². The summed E-state index contributed by atoms with van der Waals surface area (Å²) >= 11 is 0. The van der Waals surface area contributed by atoms with Crippen LogP contribution in [0, 0.1) is 0 Å². The minimum absolute atomic E-state index is 0.145. The molecule has 0 N–H and O–H groups in total. The van der Waals surface area contributed by atoms with Gasteiger partial charge in [0.15, 0.2) is 12.4 Å². The first-order valence-electron chi connectivity index (χ1n) is 29.4. The van der Waals surface area contributed by atoms with Crippen LogP contribution in [0.4, 0.5) is 0 Å². The van der Waals surface area contributed by atoms with Gasteiger partial charge in [-0.25, -0.2) is 0 Å². The predicted molar refractivity (Wildman–Crippen MR) is 297 cm³/mol. The summed E-state index contributed by atoms with van der Waals surface area (Å²) in [7, 11) is 5.92. The molecule has 0 fully saturated rings. The van der Waals surface area contributed by atoms with Crippen molar-refractivity contribution in [2.75, 3.05) is 47.5 Å². The van der Waals surface area contributed by atoms with Crippen LogP contribution >= 0.6 is 0 Å². The number of nitrogens with zero attached hydrogens (tertiary/aromatic N) is 1. The maximum Gasteiger partial charge on any atom is 0.306 e. The Morgan fingerprint density at radius 3 is 1.15 bits per heavy atom. The normalized spacial score (nSPS) is 13.2. The molecular weight excluding hydrogens is 887 g/mol. The molecule has 71 heavy (non-hydrogen) atoms. The highest BCUT2D eigenvalue weighted by Gasteiger charge is 2.22. The topological polar surface area (TPSA) is 111 Å². The van der Waals surface area contributed by atoms with E-state index in [0.717, 1.165) is 70.6 Å². The zero-order chi connectivity index (χ0) is 52.0. The van der Waals surface area contributed by atoms with Crippen LogP contribution in [-0.2, 0) is 33.3 Å². The van der Waals surface area contributed by atoms with E-state index in [2.05, 4.69) is 74.6 Å². The van der Waals surface area contributed by atoms with E-state index in [0.29, 0.717) is 17.4 Å². The molecule has 0 heterocycles. The number of hydrogen-bond acceptors (Lipinski definition) is 8. The van der Waals surface area contributed by atoms with E-state index in [1.165, 1.54) is 154 Å². The lowest BCUT2D eigenvalue weighted by atomic mass is 10.0. The van der Waals surface area contributed by atoms with Crippen LogP contribution in [0.15, 0.2) is 60.8 Å². The van der Waals surface area contributed by atoms with Crippen molar-refractivity contribution in [3.05, 3.63) is 60.8 Å². The maximum atomic E-state index is 12.9. The second-order valence-electron chi connectivity index (χ2n) is 20.9. The molecule has 9 heteroatoms. The first-order chi connectivity index (χ1) is 34.6. The van der Waals surface area contributed by atoms with Gasteiger partial charge in [0.25, 0.3) is 0 Å². The fourth-order valence-corrected chi connectivity index (χ4v) is 8.16. The standard InChI is InChI=1S/C62H111NO8/c1-6-8-10-12-14-16-18-20-22-24-25-26-27-28-29-30-31-32-33-34-35-37-39-41-43-45-47-49-51-53-60(65)71-58(57-70-62(61(66)67)68-55-54-63(3,4)5)56-69-59(64)52-50-48-46-44-42-40-38-36-23-21-19-17-15-13-11-9-7-2/h15,17-18,20-21,23-25,27-28,58,62H,6-14,16,19,22,26,29-57H2,1-5H3/b17-15-,20-18-,23-21-,25-24-,28-27-. The van der Waals surface area contributed by atoms with Gasteiger partial charge >= 0.3 is 11.9 Å². The van der Waals surface area contributed by atoms with Crippen LogP contribution in [0.5, 0.6) is 0 Å². The van der Waals surface area contributed by atoms with Crippen molar-refractivity contribution in [1.82, 2.24) is 0 Å². The minimum Gasteiger partial charge on any atom is -0.545 e. The van der Waals surface area contributed by atoms with Gasteiger partial charge in [-0.1, -0.05) is 222 Å². The Kier molecular flexibility index (Phi) is 51.0. The summed E-state index contributed by atoms with van der Waals surface area (Å²) in [5, 5.41) is 11.8. The number of rotatable bonds is 54. The molecule has 0 aliphatic heterocycles. The first-order valence-corrected chi connectivity index (χ1v) is 29.4. The van der Waals surface area contributed by atoms with Gasteiger partial charge in [-0.15, -0.1) is 0 Å². The highest BCUT2D eigenvalue weighted by atomic mass is 16.7. The van der Waals surface area contributed by atoms with E-state index in [1.54, 1.807) is 0 Å². The molecule has 0 aromatic rings. The quantitative estimate of drug-likeness (QED) is 0.0195. The summed E-state index contributed by atoms with van der Waals surface area (Å²) in [5.74, 6) is -2.29. The van der Waals surface area contributed by atoms with E-state index in [-0.39, 0.29) is 38.6 Å². The van der Waals surface area contributed by atoms with Gasteiger partial charge in [-0.3, -0.25) is 9.59 Å². The van der Waals surface area contributed by atoms with E-state index < -0.39 is 24.3 Å². The summed E-state index contributed by atoms with van der Waals surface area (Å²) < 4.78 is 22.7. The van der Waals surface area contributed by atoms with Gasteiger partial charge < -0.3 is 33.3 Å². The molecule has 2 unspecified atom stereocenters. The molecule has 2 atom stereocenters. The fourth-order valence-electron chi connectivity index (χ4n) is 8.16. The lowest BCUT2D eigenvalue weighted by Crippen LogP contribution is -2.44. The predicted octanol–water partition coefficient (Wildman–Crippen LogP) is 15.9. The Morgan fingerprint density at radius 2 is 0.761 bits per heavy atom. The van der Waals surface area contributed by atoms with Crippen molar-refractivity contribution in [2.45, 2.75) is 270 Å². The van der Waals surface area contributed by atoms with E-state index in [1.807, 2.05) is 21.1 Å². The van der Waals surface area contributed by atoms with Gasteiger partial charge in [0.1, 0.15) is 13.2 Å². The van der Waals surface area contributed by atoms with Crippen molar-refractivity contribution >= 4 is 17.9 Å². The zero-order valence-electron chi connectivity index (χ0n) is 46.8. The van der Waals surface area contributed by atoms with Crippen molar-refractivity contribution in [3.8, 4) is 0 Å². The molecule has 0 spiro atoms. The highest BCUT2D eigenvalue weighted by Crippen LogP contribution is 2.16. The molecule has 0 bridgehead atoms. The summed E-state index contributed by atoms with van der Waals surface area (Å²) in [6, 6.07) is 0. The third-order valence-electron chi connectivity index (χ3n) is 12.7. The van der Waals surface area contributed by atoms with Crippen molar-refractivity contribution in [2.24, 2.45) is 0 Å². The Morgan fingerprint density at radius 1 is 0.423 bits per heavy atom. The van der Waals surface area contributed by atoms with Crippen LogP contribution in [0.25, 0.3) is 0 Å². The van der Waals surface area contributed by atoms with Gasteiger partial charge in [-0.2, -0.15) is 0 Å². The van der Waals surface area contributed by atoms with Gasteiger partial charge in [0, 0.05) is 12.8 Å². The number of esters is 2. The molecule has 412 valence electrons. The number of carbonyl (C=O) groups excluding carboxylic acids is 3. The monoisotopic (exact) mass is 998 g/mol. The lowest BCUT2D eigenvalue weighted by Gasteiger charge is -2.26. The molecule has 0 aliphatic carbocycles. The third-order valence-corrected chi connectivity index (χ3v) is 12.7. The number of quaternary nitrogens is 1. The molecule has 0 saturated carbocycles. The van der Waals surface area contributed by atoms with Crippen LogP contribution in [-0.4, -0.2) is 82.3 Å². The Bertz CT molecular complexity index is 1350. The molecule has 0 aromatic carbocycles. The molecule has 0 aromatic heterocycles. The number of allylic oxidation sites excluding steroid dienone is 10.